The van der Waals surface area contributed by atoms with Gasteiger partial charge in [-0.1, -0.05) is 29.8 Å². The molecule has 1 fully saturated rings. The van der Waals surface area contributed by atoms with Gasteiger partial charge in [0, 0.05) is 0 Å². The van der Waals surface area contributed by atoms with Gasteiger partial charge in [0.05, 0.1) is 6.54 Å². The highest BCUT2D eigenvalue weighted by molar-refractivity contribution is 6.07. The summed E-state index contributed by atoms with van der Waals surface area (Å²) in [5.41, 5.74) is 2.64. The highest BCUT2D eigenvalue weighted by atomic mass is 16.7. The zero-order chi connectivity index (χ0) is 18.5. The summed E-state index contributed by atoms with van der Waals surface area (Å²) in [6.45, 7) is 6.09. The molecule has 26 heavy (non-hydrogen) atoms. The van der Waals surface area contributed by atoms with Crippen LogP contribution in [-0.4, -0.2) is 23.6 Å². The molecular weight excluding hydrogens is 332 g/mol. The van der Waals surface area contributed by atoms with Crippen molar-refractivity contribution in [1.29, 1.82) is 0 Å². The van der Waals surface area contributed by atoms with E-state index in [1.54, 1.807) is 25.1 Å². The Hall–Kier alpha value is -3.02. The lowest BCUT2D eigenvalue weighted by atomic mass is 9.91. The summed E-state index contributed by atoms with van der Waals surface area (Å²) in [5.74, 6) is 0.947. The van der Waals surface area contributed by atoms with Crippen LogP contribution in [-0.2, 0) is 16.9 Å². The minimum atomic E-state index is -1.13. The highest BCUT2D eigenvalue weighted by Crippen LogP contribution is 2.38. The number of amides is 3. The maximum atomic E-state index is 13.1. The fraction of sp³-hybridized carbons (Fsp3) is 0.300. The van der Waals surface area contributed by atoms with E-state index in [2.05, 4.69) is 5.32 Å². The molecule has 0 unspecified atom stereocenters. The average molecular weight is 352 g/mol. The van der Waals surface area contributed by atoms with E-state index in [0.717, 1.165) is 16.7 Å². The van der Waals surface area contributed by atoms with Gasteiger partial charge in [-0.2, -0.15) is 0 Å². The second kappa shape index (κ2) is 5.76. The Morgan fingerprint density at radius 3 is 2.65 bits per heavy atom. The number of urea groups is 1. The number of carbonyl (C=O) groups is 2. The van der Waals surface area contributed by atoms with Gasteiger partial charge >= 0.3 is 6.03 Å². The van der Waals surface area contributed by atoms with E-state index in [1.165, 1.54) is 4.90 Å². The van der Waals surface area contributed by atoms with Crippen molar-refractivity contribution in [3.05, 3.63) is 58.7 Å². The molecule has 2 aliphatic rings. The molecule has 6 nitrogen and oxygen atoms in total. The monoisotopic (exact) mass is 352 g/mol. The Balaban J connectivity index is 1.65. The summed E-state index contributed by atoms with van der Waals surface area (Å²) in [6, 6.07) is 10.9. The third-order valence-electron chi connectivity index (χ3n) is 5.06. The SMILES string of the molecule is Cc1ccc(C)c(CN2C(=O)N[C@](C)(c3ccc4c(c3)OCO4)C2=O)c1. The van der Waals surface area contributed by atoms with Crippen molar-refractivity contribution in [2.24, 2.45) is 0 Å². The fourth-order valence-electron chi connectivity index (χ4n) is 3.38. The summed E-state index contributed by atoms with van der Waals surface area (Å²) >= 11 is 0. The van der Waals surface area contributed by atoms with Crippen LogP contribution in [0.4, 0.5) is 4.79 Å². The Morgan fingerprint density at radius 1 is 1.08 bits per heavy atom. The summed E-state index contributed by atoms with van der Waals surface area (Å²) in [5, 5.41) is 2.83. The van der Waals surface area contributed by atoms with Crippen molar-refractivity contribution in [2.75, 3.05) is 6.79 Å². The number of benzene rings is 2. The van der Waals surface area contributed by atoms with E-state index in [0.29, 0.717) is 17.1 Å². The van der Waals surface area contributed by atoms with Crippen molar-refractivity contribution in [2.45, 2.75) is 32.9 Å². The molecule has 0 aliphatic carbocycles. The Bertz CT molecular complexity index is 924. The molecule has 0 saturated carbocycles. The zero-order valence-corrected chi connectivity index (χ0v) is 15.0. The molecule has 2 aromatic carbocycles. The van der Waals surface area contributed by atoms with Crippen LogP contribution in [0.5, 0.6) is 11.5 Å². The maximum Gasteiger partial charge on any atom is 0.325 e. The smallest absolute Gasteiger partial charge is 0.325 e. The first-order chi connectivity index (χ1) is 12.4. The third-order valence-corrected chi connectivity index (χ3v) is 5.06. The number of rotatable bonds is 3. The standard InChI is InChI=1S/C20H20N2O4/c1-12-4-5-13(2)14(8-12)10-22-18(23)20(3,21-19(22)24)15-6-7-16-17(9-15)26-11-25-16/h4-9H,10-11H2,1-3H3,(H,21,24)/t20-/m1/s1. The molecular formula is C20H20N2O4. The minimum absolute atomic E-state index is 0.161. The van der Waals surface area contributed by atoms with Gasteiger partial charge in [-0.3, -0.25) is 9.69 Å². The molecule has 0 bridgehead atoms. The van der Waals surface area contributed by atoms with Gasteiger partial charge in [-0.05, 0) is 49.6 Å². The van der Waals surface area contributed by atoms with Gasteiger partial charge in [0.25, 0.3) is 5.91 Å². The highest BCUT2D eigenvalue weighted by Gasteiger charge is 2.49. The Labute approximate surface area is 151 Å². The molecule has 2 heterocycles. The number of aryl methyl sites for hydroxylation is 2. The van der Waals surface area contributed by atoms with Crippen LogP contribution >= 0.6 is 0 Å². The molecule has 3 amide bonds. The number of hydrogen-bond donors (Lipinski definition) is 1. The molecule has 1 atom stereocenters. The lowest BCUT2D eigenvalue weighted by molar-refractivity contribution is -0.131. The molecule has 6 heteroatoms. The first kappa shape index (κ1) is 16.4. The quantitative estimate of drug-likeness (QED) is 0.863. The van der Waals surface area contributed by atoms with E-state index in [1.807, 2.05) is 32.0 Å². The number of carbonyl (C=O) groups excluding carboxylic acids is 2. The summed E-state index contributed by atoms with van der Waals surface area (Å²) in [7, 11) is 0. The van der Waals surface area contributed by atoms with Crippen LogP contribution in [0.15, 0.2) is 36.4 Å². The first-order valence-corrected chi connectivity index (χ1v) is 8.49. The van der Waals surface area contributed by atoms with Crippen molar-refractivity contribution in [3.63, 3.8) is 0 Å². The third kappa shape index (κ3) is 2.49. The molecule has 2 aliphatic heterocycles. The molecule has 1 N–H and O–H groups in total. The maximum absolute atomic E-state index is 13.1. The second-order valence-electron chi connectivity index (χ2n) is 6.94. The predicted octanol–water partition coefficient (Wildman–Crippen LogP) is 3.00. The van der Waals surface area contributed by atoms with Crippen molar-refractivity contribution in [3.8, 4) is 11.5 Å². The number of ether oxygens (including phenoxy) is 2. The molecule has 0 aromatic heterocycles. The largest absolute Gasteiger partial charge is 0.454 e. The van der Waals surface area contributed by atoms with E-state index in [4.69, 9.17) is 9.47 Å². The van der Waals surface area contributed by atoms with Crippen molar-refractivity contribution >= 4 is 11.9 Å². The van der Waals surface area contributed by atoms with Crippen LogP contribution < -0.4 is 14.8 Å². The summed E-state index contributed by atoms with van der Waals surface area (Å²) in [4.78, 5) is 26.9. The molecule has 1 saturated heterocycles. The molecule has 2 aromatic rings. The van der Waals surface area contributed by atoms with Gasteiger partial charge in [0.1, 0.15) is 5.54 Å². The fourth-order valence-corrected chi connectivity index (χ4v) is 3.38. The summed E-state index contributed by atoms with van der Waals surface area (Å²) in [6.07, 6.45) is 0. The normalized spacial score (nSPS) is 21.3. The van der Waals surface area contributed by atoms with Gasteiger partial charge in [0.2, 0.25) is 6.79 Å². The van der Waals surface area contributed by atoms with E-state index < -0.39 is 11.6 Å². The Morgan fingerprint density at radius 2 is 1.85 bits per heavy atom. The van der Waals surface area contributed by atoms with Crippen LogP contribution in [0.1, 0.15) is 29.2 Å². The van der Waals surface area contributed by atoms with Gasteiger partial charge in [0.15, 0.2) is 11.5 Å². The molecule has 0 spiro atoms. The molecule has 0 radical (unpaired) electrons. The predicted molar refractivity (Wildman–Crippen MR) is 94.9 cm³/mol. The topological polar surface area (TPSA) is 67.9 Å². The Kier molecular flexibility index (Phi) is 3.64. The number of nitrogens with zero attached hydrogens (tertiary/aromatic N) is 1. The van der Waals surface area contributed by atoms with Crippen molar-refractivity contribution in [1.82, 2.24) is 10.2 Å². The van der Waals surface area contributed by atoms with E-state index in [9.17, 15) is 9.59 Å². The van der Waals surface area contributed by atoms with Gasteiger partial charge < -0.3 is 14.8 Å². The van der Waals surface area contributed by atoms with Crippen LogP contribution in [0.25, 0.3) is 0 Å². The summed E-state index contributed by atoms with van der Waals surface area (Å²) < 4.78 is 10.7. The minimum Gasteiger partial charge on any atom is -0.454 e. The zero-order valence-electron chi connectivity index (χ0n) is 15.0. The molecule has 134 valence electrons. The number of imide groups is 1. The van der Waals surface area contributed by atoms with Crippen LogP contribution in [0, 0.1) is 13.8 Å². The lowest BCUT2D eigenvalue weighted by Crippen LogP contribution is -2.40. The lowest BCUT2D eigenvalue weighted by Gasteiger charge is -2.22. The number of fused-ring (bicyclic) bond motifs is 1. The number of nitrogens with one attached hydrogen (secondary N) is 1. The van der Waals surface area contributed by atoms with Crippen molar-refractivity contribution < 1.29 is 19.1 Å². The van der Waals surface area contributed by atoms with E-state index >= 15 is 0 Å². The molecule has 4 rings (SSSR count). The van der Waals surface area contributed by atoms with E-state index in [-0.39, 0.29) is 19.2 Å². The van der Waals surface area contributed by atoms with Crippen LogP contribution in [0.2, 0.25) is 0 Å². The number of hydrogen-bond acceptors (Lipinski definition) is 4. The second-order valence-corrected chi connectivity index (χ2v) is 6.94. The van der Waals surface area contributed by atoms with Gasteiger partial charge in [-0.25, -0.2) is 4.79 Å². The average Bonchev–Trinajstić information content (AvgIpc) is 3.16. The van der Waals surface area contributed by atoms with Crippen LogP contribution in [0.3, 0.4) is 0 Å². The first-order valence-electron chi connectivity index (χ1n) is 8.49. The van der Waals surface area contributed by atoms with Gasteiger partial charge in [-0.15, -0.1) is 0 Å².